The smallest absolute Gasteiger partial charge is 0.269 e. The van der Waals surface area contributed by atoms with Crippen LogP contribution in [0.1, 0.15) is 65.6 Å². The minimum absolute atomic E-state index is 0.142. The first-order valence-corrected chi connectivity index (χ1v) is 10.0. The largest absolute Gasteiger partial charge is 0.391 e. The Balaban J connectivity index is 1.29. The van der Waals surface area contributed by atoms with Gasteiger partial charge in [-0.05, 0) is 45.1 Å². The number of aromatic nitrogens is 4. The SMILES string of the molecule is Cc1nonc1CNC(=O)[C@H]1CC[C@@H](NC(=O)c2cc(C3CC3)nn2C)[C@H](O)C1. The minimum atomic E-state index is -0.782. The number of aliphatic hydroxyl groups is 1. The Morgan fingerprint density at radius 2 is 2.07 bits per heavy atom. The highest BCUT2D eigenvalue weighted by Crippen LogP contribution is 2.39. The van der Waals surface area contributed by atoms with Crippen LogP contribution in [0.4, 0.5) is 0 Å². The molecule has 0 saturated heterocycles. The van der Waals surface area contributed by atoms with Gasteiger partial charge in [-0.15, -0.1) is 0 Å². The zero-order valence-corrected chi connectivity index (χ0v) is 16.6. The van der Waals surface area contributed by atoms with Crippen molar-refractivity contribution in [3.05, 3.63) is 28.8 Å². The molecule has 156 valence electrons. The molecule has 10 heteroatoms. The Morgan fingerprint density at radius 3 is 2.72 bits per heavy atom. The molecule has 3 atom stereocenters. The Bertz CT molecular complexity index is 902. The van der Waals surface area contributed by atoms with Crippen LogP contribution in [0.15, 0.2) is 10.7 Å². The van der Waals surface area contributed by atoms with Crippen LogP contribution in [-0.2, 0) is 18.4 Å². The average Bonchev–Trinajstić information content (AvgIpc) is 3.35. The van der Waals surface area contributed by atoms with Gasteiger partial charge in [-0.25, -0.2) is 4.63 Å². The average molecular weight is 402 g/mol. The van der Waals surface area contributed by atoms with Crippen LogP contribution in [0.5, 0.6) is 0 Å². The minimum Gasteiger partial charge on any atom is -0.391 e. The second-order valence-corrected chi connectivity index (χ2v) is 8.02. The number of aliphatic hydroxyl groups excluding tert-OH is 1. The highest BCUT2D eigenvalue weighted by atomic mass is 16.6. The zero-order valence-electron chi connectivity index (χ0n) is 16.6. The lowest BCUT2D eigenvalue weighted by Crippen LogP contribution is -2.49. The van der Waals surface area contributed by atoms with Gasteiger partial charge < -0.3 is 15.7 Å². The molecular weight excluding hydrogens is 376 g/mol. The molecule has 2 aromatic rings. The molecule has 0 bridgehead atoms. The molecule has 2 aromatic heterocycles. The molecule has 29 heavy (non-hydrogen) atoms. The molecule has 0 radical (unpaired) electrons. The molecule has 2 amide bonds. The molecule has 0 aliphatic heterocycles. The molecule has 2 aliphatic rings. The first-order valence-electron chi connectivity index (χ1n) is 10.0. The van der Waals surface area contributed by atoms with Crippen molar-refractivity contribution in [2.24, 2.45) is 13.0 Å². The number of aryl methyl sites for hydroxylation is 2. The molecule has 3 N–H and O–H groups in total. The number of carbonyl (C=O) groups is 2. The van der Waals surface area contributed by atoms with E-state index in [9.17, 15) is 14.7 Å². The molecule has 2 saturated carbocycles. The van der Waals surface area contributed by atoms with E-state index in [2.05, 4.69) is 30.7 Å². The Labute approximate surface area is 168 Å². The van der Waals surface area contributed by atoms with Gasteiger partial charge >= 0.3 is 0 Å². The van der Waals surface area contributed by atoms with Crippen molar-refractivity contribution in [1.29, 1.82) is 0 Å². The van der Waals surface area contributed by atoms with Crippen LogP contribution in [0.2, 0.25) is 0 Å². The van der Waals surface area contributed by atoms with Gasteiger partial charge in [-0.3, -0.25) is 14.3 Å². The molecule has 0 spiro atoms. The highest BCUT2D eigenvalue weighted by molar-refractivity contribution is 5.93. The molecule has 2 aliphatic carbocycles. The third kappa shape index (κ3) is 4.31. The van der Waals surface area contributed by atoms with Crippen LogP contribution >= 0.6 is 0 Å². The van der Waals surface area contributed by atoms with Gasteiger partial charge in [0.05, 0.1) is 24.4 Å². The summed E-state index contributed by atoms with van der Waals surface area (Å²) in [6.45, 7) is 2.00. The van der Waals surface area contributed by atoms with Gasteiger partial charge in [-0.1, -0.05) is 10.3 Å². The molecule has 2 fully saturated rings. The lowest BCUT2D eigenvalue weighted by Gasteiger charge is -2.32. The maximum Gasteiger partial charge on any atom is 0.269 e. The van der Waals surface area contributed by atoms with E-state index in [1.165, 1.54) is 0 Å². The van der Waals surface area contributed by atoms with E-state index < -0.39 is 6.10 Å². The van der Waals surface area contributed by atoms with E-state index >= 15 is 0 Å². The summed E-state index contributed by atoms with van der Waals surface area (Å²) in [5.74, 6) is -0.222. The number of rotatable bonds is 6. The van der Waals surface area contributed by atoms with E-state index in [0.29, 0.717) is 42.3 Å². The molecule has 2 heterocycles. The summed E-state index contributed by atoms with van der Waals surface area (Å²) >= 11 is 0. The predicted octanol–water partition coefficient (Wildman–Crippen LogP) is 0.565. The quantitative estimate of drug-likeness (QED) is 0.642. The third-order valence-electron chi connectivity index (χ3n) is 5.81. The maximum absolute atomic E-state index is 12.6. The van der Waals surface area contributed by atoms with Crippen LogP contribution < -0.4 is 10.6 Å². The Hall–Kier alpha value is -2.75. The van der Waals surface area contributed by atoms with Crippen molar-refractivity contribution in [3.63, 3.8) is 0 Å². The Kier molecular flexibility index (Phi) is 5.35. The first-order chi connectivity index (χ1) is 13.9. The second-order valence-electron chi connectivity index (χ2n) is 8.02. The number of carbonyl (C=O) groups excluding carboxylic acids is 2. The Morgan fingerprint density at radius 1 is 1.28 bits per heavy atom. The van der Waals surface area contributed by atoms with Gasteiger partial charge in [0.15, 0.2) is 0 Å². The maximum atomic E-state index is 12.6. The fourth-order valence-electron chi connectivity index (χ4n) is 3.80. The van der Waals surface area contributed by atoms with Crippen molar-refractivity contribution in [1.82, 2.24) is 30.7 Å². The molecule has 10 nitrogen and oxygen atoms in total. The van der Waals surface area contributed by atoms with Gasteiger partial charge in [0.1, 0.15) is 17.1 Å². The summed E-state index contributed by atoms with van der Waals surface area (Å²) < 4.78 is 6.21. The number of nitrogens with zero attached hydrogens (tertiary/aromatic N) is 4. The van der Waals surface area contributed by atoms with Crippen LogP contribution in [-0.4, -0.2) is 49.2 Å². The fourth-order valence-corrected chi connectivity index (χ4v) is 3.80. The summed E-state index contributed by atoms with van der Waals surface area (Å²) in [7, 11) is 1.75. The lowest BCUT2D eigenvalue weighted by atomic mass is 9.83. The van der Waals surface area contributed by atoms with Gasteiger partial charge in [0.25, 0.3) is 5.91 Å². The molecule has 0 unspecified atom stereocenters. The first kappa shape index (κ1) is 19.6. The van der Waals surface area contributed by atoms with E-state index in [1.807, 2.05) is 6.07 Å². The van der Waals surface area contributed by atoms with Crippen molar-refractivity contribution < 1.29 is 19.3 Å². The summed E-state index contributed by atoms with van der Waals surface area (Å²) in [5, 5.41) is 28.1. The number of amides is 2. The van der Waals surface area contributed by atoms with E-state index in [4.69, 9.17) is 0 Å². The number of nitrogens with one attached hydrogen (secondary N) is 2. The molecule has 0 aromatic carbocycles. The van der Waals surface area contributed by atoms with E-state index in [-0.39, 0.29) is 30.3 Å². The van der Waals surface area contributed by atoms with Crippen molar-refractivity contribution in [2.75, 3.05) is 0 Å². The van der Waals surface area contributed by atoms with Gasteiger partial charge in [-0.2, -0.15) is 5.10 Å². The number of hydrogen-bond donors (Lipinski definition) is 3. The van der Waals surface area contributed by atoms with Crippen molar-refractivity contribution in [2.45, 2.75) is 63.6 Å². The standard InChI is InChI=1S/C19H26N6O4/c1-10-15(24-29-23-10)9-20-18(27)12-5-6-13(17(26)7-12)21-19(28)16-8-14(11-3-4-11)22-25(16)2/h8,11-13,17,26H,3-7,9H2,1-2H3,(H,20,27)(H,21,28)/t12-,13+,17+/m0/s1. The fraction of sp³-hybridized carbons (Fsp3) is 0.632. The summed E-state index contributed by atoms with van der Waals surface area (Å²) in [5.41, 5.74) is 2.67. The highest BCUT2D eigenvalue weighted by Gasteiger charge is 2.35. The van der Waals surface area contributed by atoms with E-state index in [1.54, 1.807) is 18.7 Å². The molecular formula is C19H26N6O4. The normalized spacial score (nSPS) is 24.3. The molecule has 4 rings (SSSR count). The number of hydrogen-bond acceptors (Lipinski definition) is 7. The van der Waals surface area contributed by atoms with Crippen LogP contribution in [0, 0.1) is 12.8 Å². The van der Waals surface area contributed by atoms with Crippen LogP contribution in [0.25, 0.3) is 0 Å². The lowest BCUT2D eigenvalue weighted by molar-refractivity contribution is -0.127. The van der Waals surface area contributed by atoms with Crippen LogP contribution in [0.3, 0.4) is 0 Å². The van der Waals surface area contributed by atoms with Gasteiger partial charge in [0.2, 0.25) is 5.91 Å². The second kappa shape index (κ2) is 7.94. The zero-order chi connectivity index (χ0) is 20.5. The topological polar surface area (TPSA) is 135 Å². The monoisotopic (exact) mass is 402 g/mol. The third-order valence-corrected chi connectivity index (χ3v) is 5.81. The van der Waals surface area contributed by atoms with Gasteiger partial charge in [0, 0.05) is 18.9 Å². The summed E-state index contributed by atoms with van der Waals surface area (Å²) in [6, 6.07) is 1.45. The van der Waals surface area contributed by atoms with Crippen molar-refractivity contribution >= 4 is 11.8 Å². The predicted molar refractivity (Wildman–Crippen MR) is 101 cm³/mol. The van der Waals surface area contributed by atoms with E-state index in [0.717, 1.165) is 18.5 Å². The summed E-state index contributed by atoms with van der Waals surface area (Å²) in [4.78, 5) is 25.1. The van der Waals surface area contributed by atoms with Crippen molar-refractivity contribution in [3.8, 4) is 0 Å². The summed E-state index contributed by atoms with van der Waals surface area (Å²) in [6.07, 6.45) is 2.87.